The Morgan fingerprint density at radius 2 is 2.11 bits per heavy atom. The molecule has 6 nitrogen and oxygen atoms in total. The Morgan fingerprint density at radius 1 is 1.47 bits per heavy atom. The van der Waals surface area contributed by atoms with Crippen LogP contribution in [0.15, 0.2) is 12.1 Å². The molecule has 0 saturated carbocycles. The van der Waals surface area contributed by atoms with E-state index >= 15 is 0 Å². The van der Waals surface area contributed by atoms with E-state index in [1.807, 2.05) is 0 Å². The third-order valence-corrected chi connectivity index (χ3v) is 4.20. The number of hydrogen-bond donors (Lipinski definition) is 2. The molecule has 0 bridgehead atoms. The lowest BCUT2D eigenvalue weighted by atomic mass is 9.99. The van der Waals surface area contributed by atoms with Gasteiger partial charge in [0, 0.05) is 17.4 Å². The Kier molecular flexibility index (Phi) is 6.01. The van der Waals surface area contributed by atoms with Crippen LogP contribution >= 0.6 is 15.9 Å². The molecular weight excluding hydrogens is 314 g/mol. The van der Waals surface area contributed by atoms with Gasteiger partial charge in [-0.05, 0) is 16.9 Å². The summed E-state index contributed by atoms with van der Waals surface area (Å²) in [4.78, 5) is 24.4. The highest BCUT2D eigenvalue weighted by atomic mass is 79.9. The van der Waals surface area contributed by atoms with Crippen LogP contribution in [0, 0.1) is 16.0 Å². The number of halogens is 1. The summed E-state index contributed by atoms with van der Waals surface area (Å²) in [6.07, 6.45) is 2.08. The number of rotatable bonds is 7. The van der Waals surface area contributed by atoms with Gasteiger partial charge in [-0.1, -0.05) is 42.6 Å². The zero-order chi connectivity index (χ0) is 14.4. The second kappa shape index (κ2) is 7.28. The molecule has 106 valence electrons. The number of nitro groups is 1. The van der Waals surface area contributed by atoms with Crippen LogP contribution < -0.4 is 5.32 Å². The maximum absolute atomic E-state index is 11.8. The third kappa shape index (κ3) is 4.34. The summed E-state index contributed by atoms with van der Waals surface area (Å²) in [6.45, 7) is 4.72. The predicted octanol–water partition coefficient (Wildman–Crippen LogP) is 2.85. The molecule has 0 saturated heterocycles. The molecule has 2 N–H and O–H groups in total. The molecular formula is C12H18BrN3O3. The Labute approximate surface area is 120 Å². The van der Waals surface area contributed by atoms with Crippen LogP contribution in [0.1, 0.15) is 37.2 Å². The number of amides is 1. The van der Waals surface area contributed by atoms with Crippen molar-refractivity contribution in [3.8, 4) is 0 Å². The first-order chi connectivity index (χ1) is 8.99. The number of carbonyl (C=O) groups is 1. The molecule has 1 aromatic rings. The van der Waals surface area contributed by atoms with E-state index in [9.17, 15) is 14.9 Å². The predicted molar refractivity (Wildman–Crippen MR) is 76.6 cm³/mol. The van der Waals surface area contributed by atoms with Gasteiger partial charge in [0.2, 0.25) is 0 Å². The van der Waals surface area contributed by atoms with Crippen LogP contribution in [0.3, 0.4) is 0 Å². The number of aromatic nitrogens is 1. The molecule has 1 rings (SSSR count). The van der Waals surface area contributed by atoms with Gasteiger partial charge in [-0.25, -0.2) is 4.98 Å². The minimum atomic E-state index is -0.561. The molecule has 7 heteroatoms. The van der Waals surface area contributed by atoms with Crippen molar-refractivity contribution in [2.45, 2.75) is 31.5 Å². The summed E-state index contributed by atoms with van der Waals surface area (Å²) in [5.74, 6) is -0.0117. The van der Waals surface area contributed by atoms with Gasteiger partial charge in [0.25, 0.3) is 5.91 Å². The zero-order valence-corrected chi connectivity index (χ0v) is 12.6. The van der Waals surface area contributed by atoms with Crippen LogP contribution in [0.4, 0.5) is 5.82 Å². The highest BCUT2D eigenvalue weighted by Crippen LogP contribution is 2.19. The molecule has 1 atom stereocenters. The quantitative estimate of drug-likeness (QED) is 0.457. The average Bonchev–Trinajstić information content (AvgIpc) is 2.87. The van der Waals surface area contributed by atoms with Crippen molar-refractivity contribution >= 4 is 27.7 Å². The monoisotopic (exact) mass is 331 g/mol. The topological polar surface area (TPSA) is 88.0 Å². The number of nitrogens with zero attached hydrogens (tertiary/aromatic N) is 1. The smallest absolute Gasteiger partial charge is 0.321 e. The lowest BCUT2D eigenvalue weighted by Gasteiger charge is -2.19. The first kappa shape index (κ1) is 15.7. The van der Waals surface area contributed by atoms with E-state index in [-0.39, 0.29) is 22.2 Å². The van der Waals surface area contributed by atoms with Crippen molar-refractivity contribution in [2.24, 2.45) is 5.92 Å². The van der Waals surface area contributed by atoms with Crippen molar-refractivity contribution in [1.29, 1.82) is 0 Å². The molecule has 0 aliphatic carbocycles. The fraction of sp³-hybridized carbons (Fsp3) is 0.583. The van der Waals surface area contributed by atoms with Gasteiger partial charge in [0.1, 0.15) is 0 Å². The SMILES string of the molecule is CCC(CC)C(Br)CNC(=O)c1ccc([N+](=O)[O-])[nH]1. The molecule has 1 heterocycles. The van der Waals surface area contributed by atoms with E-state index in [1.165, 1.54) is 12.1 Å². The largest absolute Gasteiger partial charge is 0.358 e. The molecule has 0 aliphatic heterocycles. The van der Waals surface area contributed by atoms with E-state index in [4.69, 9.17) is 0 Å². The summed E-state index contributed by atoms with van der Waals surface area (Å²) in [5, 5.41) is 13.3. The normalized spacial score (nSPS) is 12.4. The van der Waals surface area contributed by atoms with Gasteiger partial charge in [-0.15, -0.1) is 0 Å². The van der Waals surface area contributed by atoms with Crippen molar-refractivity contribution in [3.05, 3.63) is 27.9 Å². The molecule has 19 heavy (non-hydrogen) atoms. The van der Waals surface area contributed by atoms with Gasteiger partial charge in [0.05, 0.1) is 0 Å². The Hall–Kier alpha value is -1.37. The van der Waals surface area contributed by atoms with Gasteiger partial charge in [-0.3, -0.25) is 4.79 Å². The van der Waals surface area contributed by atoms with Crippen LogP contribution in [-0.2, 0) is 0 Å². The molecule has 0 spiro atoms. The van der Waals surface area contributed by atoms with Crippen molar-refractivity contribution in [3.63, 3.8) is 0 Å². The molecule has 0 aliphatic rings. The summed E-state index contributed by atoms with van der Waals surface area (Å²) in [6, 6.07) is 2.69. The van der Waals surface area contributed by atoms with E-state index in [0.29, 0.717) is 12.5 Å². The van der Waals surface area contributed by atoms with E-state index < -0.39 is 4.92 Å². The highest BCUT2D eigenvalue weighted by Gasteiger charge is 2.19. The standard InChI is InChI=1S/C12H18BrN3O3/c1-3-8(4-2)9(13)7-14-12(17)10-5-6-11(15-10)16(18)19/h5-6,8-9,15H,3-4,7H2,1-2H3,(H,14,17). The zero-order valence-electron chi connectivity index (χ0n) is 11.0. The van der Waals surface area contributed by atoms with Crippen molar-refractivity contribution in [2.75, 3.05) is 6.54 Å². The van der Waals surface area contributed by atoms with Crippen LogP contribution in [0.5, 0.6) is 0 Å². The minimum absolute atomic E-state index is 0.180. The number of hydrogen-bond acceptors (Lipinski definition) is 3. The first-order valence-electron chi connectivity index (χ1n) is 6.25. The van der Waals surface area contributed by atoms with Gasteiger partial charge in [0.15, 0.2) is 5.69 Å². The molecule has 0 aromatic carbocycles. The second-order valence-electron chi connectivity index (χ2n) is 4.32. The fourth-order valence-electron chi connectivity index (χ4n) is 1.87. The van der Waals surface area contributed by atoms with Gasteiger partial charge in [-0.2, -0.15) is 0 Å². The van der Waals surface area contributed by atoms with Crippen molar-refractivity contribution < 1.29 is 9.72 Å². The molecule has 1 aromatic heterocycles. The summed E-state index contributed by atoms with van der Waals surface area (Å²) in [5.41, 5.74) is 0.205. The van der Waals surface area contributed by atoms with Crippen LogP contribution in [0.25, 0.3) is 0 Å². The summed E-state index contributed by atoms with van der Waals surface area (Å²) >= 11 is 3.56. The molecule has 1 unspecified atom stereocenters. The summed E-state index contributed by atoms with van der Waals surface area (Å²) in [7, 11) is 0. The lowest BCUT2D eigenvalue weighted by molar-refractivity contribution is -0.389. The summed E-state index contributed by atoms with van der Waals surface area (Å²) < 4.78 is 0. The molecule has 0 fully saturated rings. The maximum Gasteiger partial charge on any atom is 0.321 e. The number of alkyl halides is 1. The highest BCUT2D eigenvalue weighted by molar-refractivity contribution is 9.09. The lowest BCUT2D eigenvalue weighted by Crippen LogP contribution is -2.33. The minimum Gasteiger partial charge on any atom is -0.358 e. The number of aromatic amines is 1. The van der Waals surface area contributed by atoms with Gasteiger partial charge >= 0.3 is 5.82 Å². The Balaban J connectivity index is 2.53. The van der Waals surface area contributed by atoms with Crippen LogP contribution in [0.2, 0.25) is 0 Å². The third-order valence-electron chi connectivity index (χ3n) is 3.13. The van der Waals surface area contributed by atoms with Gasteiger partial charge < -0.3 is 15.4 Å². The van der Waals surface area contributed by atoms with Crippen molar-refractivity contribution in [1.82, 2.24) is 10.3 Å². The Morgan fingerprint density at radius 3 is 2.58 bits per heavy atom. The van der Waals surface area contributed by atoms with E-state index in [2.05, 4.69) is 40.1 Å². The maximum atomic E-state index is 11.8. The first-order valence-corrected chi connectivity index (χ1v) is 7.16. The fourth-order valence-corrected chi connectivity index (χ4v) is 2.78. The van der Waals surface area contributed by atoms with E-state index in [0.717, 1.165) is 12.8 Å². The molecule has 0 radical (unpaired) electrons. The van der Waals surface area contributed by atoms with Crippen LogP contribution in [-0.4, -0.2) is 27.2 Å². The molecule has 1 amide bonds. The second-order valence-corrected chi connectivity index (χ2v) is 5.49. The number of nitrogens with one attached hydrogen (secondary N) is 2. The average molecular weight is 332 g/mol. The number of H-pyrrole nitrogens is 1. The number of carbonyl (C=O) groups excluding carboxylic acids is 1. The Bertz CT molecular complexity index is 443. The van der Waals surface area contributed by atoms with E-state index in [1.54, 1.807) is 0 Å².